The van der Waals surface area contributed by atoms with Crippen LogP contribution in [0.2, 0.25) is 0 Å². The first-order chi connectivity index (χ1) is 10.9. The maximum atomic E-state index is 12.4. The van der Waals surface area contributed by atoms with Crippen LogP contribution in [-0.4, -0.2) is 32.6 Å². The van der Waals surface area contributed by atoms with Crippen molar-refractivity contribution in [1.29, 1.82) is 0 Å². The number of rotatable bonds is 3. The van der Waals surface area contributed by atoms with E-state index in [2.05, 4.69) is 15.3 Å². The molecule has 0 aromatic carbocycles. The molecule has 23 heavy (non-hydrogen) atoms. The molecular formula is C18H23N3O2. The fraction of sp³-hybridized carbons (Fsp3) is 0.500. The molecule has 2 heterocycles. The number of aromatic nitrogens is 2. The molecule has 1 aliphatic rings. The van der Waals surface area contributed by atoms with Gasteiger partial charge in [-0.25, -0.2) is 0 Å². The van der Waals surface area contributed by atoms with Crippen LogP contribution in [0.3, 0.4) is 0 Å². The molecule has 0 bridgehead atoms. The van der Waals surface area contributed by atoms with Gasteiger partial charge in [-0.1, -0.05) is 0 Å². The van der Waals surface area contributed by atoms with Gasteiger partial charge in [-0.15, -0.1) is 0 Å². The Bertz CT molecular complexity index is 701. The summed E-state index contributed by atoms with van der Waals surface area (Å²) in [5, 5.41) is 14.0. The zero-order valence-corrected chi connectivity index (χ0v) is 13.6. The molecule has 0 unspecified atom stereocenters. The van der Waals surface area contributed by atoms with Crippen LogP contribution in [0.4, 0.5) is 0 Å². The molecule has 1 fully saturated rings. The first kappa shape index (κ1) is 15.9. The molecule has 0 spiro atoms. The minimum atomic E-state index is -0.635. The van der Waals surface area contributed by atoms with Crippen molar-refractivity contribution in [3.63, 3.8) is 0 Å². The molecule has 0 aliphatic heterocycles. The van der Waals surface area contributed by atoms with Crippen molar-refractivity contribution in [3.05, 3.63) is 36.3 Å². The van der Waals surface area contributed by atoms with Gasteiger partial charge in [0.05, 0.1) is 16.7 Å². The highest BCUT2D eigenvalue weighted by Crippen LogP contribution is 2.32. The van der Waals surface area contributed by atoms with Gasteiger partial charge in [0, 0.05) is 30.0 Å². The Morgan fingerprint density at radius 3 is 2.70 bits per heavy atom. The predicted octanol–water partition coefficient (Wildman–Crippen LogP) is 2.69. The van der Waals surface area contributed by atoms with Gasteiger partial charge in [-0.2, -0.15) is 0 Å². The number of pyridine rings is 2. The van der Waals surface area contributed by atoms with E-state index in [1.165, 1.54) is 0 Å². The van der Waals surface area contributed by atoms with E-state index in [0.29, 0.717) is 11.5 Å². The number of nitrogens with one attached hydrogen (secondary N) is 1. The van der Waals surface area contributed by atoms with E-state index >= 15 is 0 Å². The van der Waals surface area contributed by atoms with Crippen LogP contribution < -0.4 is 5.32 Å². The van der Waals surface area contributed by atoms with Crippen LogP contribution in [0.5, 0.6) is 0 Å². The number of nitrogens with zero attached hydrogens (tertiary/aromatic N) is 2. The number of amides is 1. The second-order valence-electron chi connectivity index (χ2n) is 6.97. The molecule has 0 saturated heterocycles. The quantitative estimate of drug-likeness (QED) is 0.913. The monoisotopic (exact) mass is 313 g/mol. The summed E-state index contributed by atoms with van der Waals surface area (Å²) >= 11 is 0. The number of aliphatic hydroxyl groups is 1. The average Bonchev–Trinajstić information content (AvgIpc) is 2.54. The minimum Gasteiger partial charge on any atom is -0.390 e. The number of hydrogen-bond donors (Lipinski definition) is 2. The Kier molecular flexibility index (Phi) is 4.31. The summed E-state index contributed by atoms with van der Waals surface area (Å²) in [6.45, 7) is 3.73. The predicted molar refractivity (Wildman–Crippen MR) is 89.0 cm³/mol. The Balaban J connectivity index is 1.63. The van der Waals surface area contributed by atoms with E-state index in [0.717, 1.165) is 36.6 Å². The lowest BCUT2D eigenvalue weighted by Gasteiger charge is -2.36. The largest absolute Gasteiger partial charge is 0.390 e. The molecule has 2 aromatic rings. The summed E-state index contributed by atoms with van der Waals surface area (Å²) in [5.74, 6) is 0.221. The highest BCUT2D eigenvalue weighted by Gasteiger charge is 2.31. The molecule has 0 radical (unpaired) electrons. The molecule has 1 aliphatic carbocycles. The summed E-state index contributed by atoms with van der Waals surface area (Å²) < 4.78 is 0. The molecule has 122 valence electrons. The fourth-order valence-corrected chi connectivity index (χ4v) is 3.31. The van der Waals surface area contributed by atoms with E-state index in [-0.39, 0.29) is 11.9 Å². The number of fused-ring (bicyclic) bond motifs is 1. The Labute approximate surface area is 136 Å². The van der Waals surface area contributed by atoms with E-state index in [1.807, 2.05) is 26.0 Å². The third-order valence-electron chi connectivity index (χ3n) is 4.81. The van der Waals surface area contributed by atoms with Crippen LogP contribution in [0.1, 0.15) is 49.9 Å². The van der Waals surface area contributed by atoms with Gasteiger partial charge in [0.2, 0.25) is 0 Å². The summed E-state index contributed by atoms with van der Waals surface area (Å²) in [4.78, 5) is 20.8. The van der Waals surface area contributed by atoms with Crippen LogP contribution in [0, 0.1) is 5.92 Å². The van der Waals surface area contributed by atoms with Crippen LogP contribution in [0.15, 0.2) is 30.7 Å². The van der Waals surface area contributed by atoms with Crippen LogP contribution >= 0.6 is 0 Å². The molecule has 1 saturated carbocycles. The van der Waals surface area contributed by atoms with E-state index in [9.17, 15) is 9.90 Å². The summed E-state index contributed by atoms with van der Waals surface area (Å²) in [6, 6.07) is 3.83. The first-order valence-corrected chi connectivity index (χ1v) is 8.16. The first-order valence-electron chi connectivity index (χ1n) is 8.16. The lowest BCUT2D eigenvalue weighted by molar-refractivity contribution is -0.00257. The smallest absolute Gasteiger partial charge is 0.253 e. The normalized spacial score (nSPS) is 22.0. The lowest BCUT2D eigenvalue weighted by atomic mass is 9.77. The maximum absolute atomic E-state index is 12.4. The summed E-state index contributed by atoms with van der Waals surface area (Å²) in [7, 11) is 0. The topological polar surface area (TPSA) is 75.1 Å². The third kappa shape index (κ3) is 3.67. The van der Waals surface area contributed by atoms with Crippen molar-refractivity contribution in [2.24, 2.45) is 5.92 Å². The average molecular weight is 313 g/mol. The molecule has 5 heteroatoms. The zero-order valence-electron chi connectivity index (χ0n) is 13.6. The van der Waals surface area contributed by atoms with Crippen molar-refractivity contribution in [3.8, 4) is 0 Å². The Morgan fingerprint density at radius 2 is 2.00 bits per heavy atom. The highest BCUT2D eigenvalue weighted by molar-refractivity contribution is 5.97. The molecule has 5 nitrogen and oxygen atoms in total. The Morgan fingerprint density at radius 1 is 1.26 bits per heavy atom. The van der Waals surface area contributed by atoms with Gasteiger partial charge in [-0.05, 0) is 57.6 Å². The van der Waals surface area contributed by atoms with E-state index < -0.39 is 5.60 Å². The van der Waals surface area contributed by atoms with Crippen molar-refractivity contribution in [2.75, 3.05) is 0 Å². The van der Waals surface area contributed by atoms with E-state index in [1.54, 1.807) is 18.6 Å². The SMILES string of the molecule is CC(C)(O)[C@H]1CC[C@H](NC(=O)c2cnc3ccncc3c2)CC1. The van der Waals surface area contributed by atoms with Gasteiger partial charge >= 0.3 is 0 Å². The Hall–Kier alpha value is -2.01. The molecule has 1 amide bonds. The second-order valence-corrected chi connectivity index (χ2v) is 6.97. The second kappa shape index (κ2) is 6.24. The van der Waals surface area contributed by atoms with Crippen molar-refractivity contribution >= 4 is 16.8 Å². The zero-order chi connectivity index (χ0) is 16.4. The van der Waals surface area contributed by atoms with Crippen LogP contribution in [-0.2, 0) is 0 Å². The number of hydrogen-bond acceptors (Lipinski definition) is 4. The van der Waals surface area contributed by atoms with Crippen molar-refractivity contribution < 1.29 is 9.90 Å². The van der Waals surface area contributed by atoms with Crippen molar-refractivity contribution in [1.82, 2.24) is 15.3 Å². The lowest BCUT2D eigenvalue weighted by Crippen LogP contribution is -2.41. The van der Waals surface area contributed by atoms with Crippen molar-refractivity contribution in [2.45, 2.75) is 51.2 Å². The number of carbonyl (C=O) groups is 1. The third-order valence-corrected chi connectivity index (χ3v) is 4.81. The van der Waals surface area contributed by atoms with E-state index in [4.69, 9.17) is 0 Å². The van der Waals surface area contributed by atoms with Gasteiger partial charge in [0.25, 0.3) is 5.91 Å². The molecule has 2 aromatic heterocycles. The minimum absolute atomic E-state index is 0.0880. The van der Waals surface area contributed by atoms with Gasteiger partial charge in [0.15, 0.2) is 0 Å². The standard InChI is InChI=1S/C18H23N3O2/c1-18(2,23)14-3-5-15(6-4-14)21-17(22)13-9-12-10-19-8-7-16(12)20-11-13/h7-11,14-15,23H,3-6H2,1-2H3,(H,21,22)/t14-,15-. The summed E-state index contributed by atoms with van der Waals surface area (Å²) in [6.07, 6.45) is 8.71. The fourth-order valence-electron chi connectivity index (χ4n) is 3.31. The van der Waals surface area contributed by atoms with Crippen LogP contribution in [0.25, 0.3) is 10.9 Å². The summed E-state index contributed by atoms with van der Waals surface area (Å²) in [5.41, 5.74) is 0.766. The van der Waals surface area contributed by atoms with Gasteiger partial charge in [0.1, 0.15) is 0 Å². The molecule has 0 atom stereocenters. The molecule has 2 N–H and O–H groups in total. The highest BCUT2D eigenvalue weighted by atomic mass is 16.3. The number of carbonyl (C=O) groups excluding carboxylic acids is 1. The van der Waals surface area contributed by atoms with Gasteiger partial charge < -0.3 is 10.4 Å². The molecular weight excluding hydrogens is 290 g/mol. The van der Waals surface area contributed by atoms with Gasteiger partial charge in [-0.3, -0.25) is 14.8 Å². The molecule has 3 rings (SSSR count). The maximum Gasteiger partial charge on any atom is 0.253 e.